The van der Waals surface area contributed by atoms with Gasteiger partial charge in [-0.3, -0.25) is 4.79 Å². The third-order valence-corrected chi connectivity index (χ3v) is 4.25. The van der Waals surface area contributed by atoms with E-state index in [-0.39, 0.29) is 5.91 Å². The number of hydrogen-bond acceptors (Lipinski definition) is 4. The van der Waals surface area contributed by atoms with Gasteiger partial charge in [-0.1, -0.05) is 6.92 Å². The second-order valence-corrected chi connectivity index (χ2v) is 5.90. The highest BCUT2D eigenvalue weighted by molar-refractivity contribution is 7.13. The highest BCUT2D eigenvalue weighted by Crippen LogP contribution is 2.25. The number of carbonyl (C=O) groups is 1. The quantitative estimate of drug-likeness (QED) is 0.916. The van der Waals surface area contributed by atoms with Crippen LogP contribution in [0.15, 0.2) is 5.38 Å². The number of piperidine rings is 1. The zero-order valence-electron chi connectivity index (χ0n) is 11.3. The van der Waals surface area contributed by atoms with E-state index in [1.165, 1.54) is 11.3 Å². The minimum absolute atomic E-state index is 0.0785. The van der Waals surface area contributed by atoms with Crippen molar-refractivity contribution in [2.45, 2.75) is 39.7 Å². The molecule has 0 aliphatic carbocycles. The van der Waals surface area contributed by atoms with Crippen LogP contribution in [0.1, 0.15) is 44.1 Å². The monoisotopic (exact) mass is 267 g/mol. The molecule has 1 aliphatic heterocycles. The maximum atomic E-state index is 12.4. The first-order valence-electron chi connectivity index (χ1n) is 6.62. The zero-order valence-corrected chi connectivity index (χ0v) is 12.1. The molecule has 2 atom stereocenters. The lowest BCUT2D eigenvalue weighted by atomic mass is 9.93. The summed E-state index contributed by atoms with van der Waals surface area (Å²) in [6, 6.07) is 0.325. The van der Waals surface area contributed by atoms with E-state index >= 15 is 0 Å². The third kappa shape index (κ3) is 2.83. The normalized spacial score (nSPS) is 24.1. The molecule has 0 saturated carbocycles. The molecule has 1 N–H and O–H groups in total. The molecule has 0 spiro atoms. The second kappa shape index (κ2) is 5.69. The molecule has 0 aromatic carbocycles. The van der Waals surface area contributed by atoms with Gasteiger partial charge in [-0.25, -0.2) is 4.98 Å². The molecule has 1 fully saturated rings. The van der Waals surface area contributed by atoms with Crippen molar-refractivity contribution < 1.29 is 4.79 Å². The van der Waals surface area contributed by atoms with E-state index in [0.29, 0.717) is 11.7 Å². The Hall–Kier alpha value is -1.10. The van der Waals surface area contributed by atoms with Crippen LogP contribution in [0.2, 0.25) is 0 Å². The molecule has 5 heteroatoms. The van der Waals surface area contributed by atoms with Crippen LogP contribution in [0.3, 0.4) is 0 Å². The molecule has 4 nitrogen and oxygen atoms in total. The summed E-state index contributed by atoms with van der Waals surface area (Å²) in [4.78, 5) is 18.7. The lowest BCUT2D eigenvalue weighted by Crippen LogP contribution is -2.44. The summed E-state index contributed by atoms with van der Waals surface area (Å²) in [5.41, 5.74) is 0.581. The molecule has 18 heavy (non-hydrogen) atoms. The van der Waals surface area contributed by atoms with E-state index < -0.39 is 0 Å². The molecule has 1 aromatic heterocycles. The van der Waals surface area contributed by atoms with Gasteiger partial charge in [0.15, 0.2) is 5.13 Å². The highest BCUT2D eigenvalue weighted by Gasteiger charge is 2.28. The summed E-state index contributed by atoms with van der Waals surface area (Å²) in [6.45, 7) is 8.10. The fourth-order valence-corrected chi connectivity index (χ4v) is 3.22. The van der Waals surface area contributed by atoms with Gasteiger partial charge in [0.25, 0.3) is 5.91 Å². The number of amides is 1. The van der Waals surface area contributed by atoms with E-state index in [1.807, 2.05) is 17.2 Å². The molecule has 1 saturated heterocycles. The number of hydrogen-bond donors (Lipinski definition) is 1. The fraction of sp³-hybridized carbons (Fsp3) is 0.692. The average molecular weight is 267 g/mol. The zero-order chi connectivity index (χ0) is 13.1. The summed E-state index contributed by atoms with van der Waals surface area (Å²) in [7, 11) is 0. The van der Waals surface area contributed by atoms with Crippen LogP contribution in [0.4, 0.5) is 5.13 Å². The Morgan fingerprint density at radius 1 is 1.61 bits per heavy atom. The number of nitrogens with zero attached hydrogens (tertiary/aromatic N) is 2. The number of thiazole rings is 1. The molecular formula is C13H21N3OS. The molecule has 0 bridgehead atoms. The summed E-state index contributed by atoms with van der Waals surface area (Å²) < 4.78 is 0. The van der Waals surface area contributed by atoms with Crippen LogP contribution < -0.4 is 5.32 Å². The number of rotatable bonds is 3. The Bertz CT molecular complexity index is 418. The van der Waals surface area contributed by atoms with E-state index in [2.05, 4.69) is 24.1 Å². The molecular weight excluding hydrogens is 246 g/mol. The minimum atomic E-state index is 0.0785. The number of carbonyl (C=O) groups excluding carboxylic acids is 1. The van der Waals surface area contributed by atoms with Gasteiger partial charge < -0.3 is 10.2 Å². The number of nitrogens with one attached hydrogen (secondary N) is 1. The van der Waals surface area contributed by atoms with E-state index in [9.17, 15) is 4.79 Å². The van der Waals surface area contributed by atoms with Crippen molar-refractivity contribution in [1.82, 2.24) is 9.88 Å². The second-order valence-electron chi connectivity index (χ2n) is 5.05. The summed E-state index contributed by atoms with van der Waals surface area (Å²) in [6.07, 6.45) is 2.19. The minimum Gasteiger partial charge on any atom is -0.362 e. The molecule has 1 aliphatic rings. The van der Waals surface area contributed by atoms with Crippen LogP contribution in [-0.2, 0) is 0 Å². The van der Waals surface area contributed by atoms with Crippen LogP contribution in [0.5, 0.6) is 0 Å². The van der Waals surface area contributed by atoms with Crippen molar-refractivity contribution in [3.8, 4) is 0 Å². The topological polar surface area (TPSA) is 45.2 Å². The Morgan fingerprint density at radius 2 is 2.39 bits per heavy atom. The smallest absolute Gasteiger partial charge is 0.273 e. The number of aromatic nitrogens is 1. The lowest BCUT2D eigenvalue weighted by Gasteiger charge is -2.36. The average Bonchev–Trinajstić information content (AvgIpc) is 2.77. The van der Waals surface area contributed by atoms with Gasteiger partial charge >= 0.3 is 0 Å². The van der Waals surface area contributed by atoms with Gasteiger partial charge in [0.1, 0.15) is 5.69 Å². The molecule has 0 unspecified atom stereocenters. The first kappa shape index (κ1) is 13.3. The van der Waals surface area contributed by atoms with E-state index in [0.717, 1.165) is 37.0 Å². The van der Waals surface area contributed by atoms with Crippen molar-refractivity contribution in [1.29, 1.82) is 0 Å². The van der Waals surface area contributed by atoms with Gasteiger partial charge in [0.05, 0.1) is 0 Å². The highest BCUT2D eigenvalue weighted by atomic mass is 32.1. The van der Waals surface area contributed by atoms with Crippen molar-refractivity contribution >= 4 is 22.4 Å². The largest absolute Gasteiger partial charge is 0.362 e. The first-order chi connectivity index (χ1) is 8.61. The molecule has 1 amide bonds. The Balaban J connectivity index is 2.05. The standard InChI is InChI=1S/C13H21N3OS/c1-4-14-13-15-11(8-18-13)12(17)16-6-5-9(2)7-10(16)3/h8-10H,4-7H2,1-3H3,(H,14,15)/t9-,10-/m1/s1. The number of likely N-dealkylation sites (tertiary alicyclic amines) is 1. The molecule has 0 radical (unpaired) electrons. The van der Waals surface area contributed by atoms with Crippen LogP contribution in [-0.4, -0.2) is 34.9 Å². The van der Waals surface area contributed by atoms with Crippen molar-refractivity contribution in [2.75, 3.05) is 18.4 Å². The van der Waals surface area contributed by atoms with Crippen LogP contribution in [0.25, 0.3) is 0 Å². The lowest BCUT2D eigenvalue weighted by molar-refractivity contribution is 0.0583. The third-order valence-electron chi connectivity index (χ3n) is 3.45. The van der Waals surface area contributed by atoms with Gasteiger partial charge in [0, 0.05) is 24.5 Å². The van der Waals surface area contributed by atoms with E-state index in [4.69, 9.17) is 0 Å². The Kier molecular flexibility index (Phi) is 4.22. The van der Waals surface area contributed by atoms with Crippen LogP contribution in [0, 0.1) is 5.92 Å². The Morgan fingerprint density at radius 3 is 3.06 bits per heavy atom. The van der Waals surface area contributed by atoms with Gasteiger partial charge in [-0.15, -0.1) is 11.3 Å². The maximum absolute atomic E-state index is 12.4. The summed E-state index contributed by atoms with van der Waals surface area (Å²) in [5.74, 6) is 0.798. The van der Waals surface area contributed by atoms with Gasteiger partial charge in [-0.2, -0.15) is 0 Å². The molecule has 2 rings (SSSR count). The van der Waals surface area contributed by atoms with Crippen molar-refractivity contribution in [3.63, 3.8) is 0 Å². The van der Waals surface area contributed by atoms with E-state index in [1.54, 1.807) is 0 Å². The fourth-order valence-electron chi connectivity index (χ4n) is 2.46. The first-order valence-corrected chi connectivity index (χ1v) is 7.50. The molecule has 100 valence electrons. The molecule has 1 aromatic rings. The Labute approximate surface area is 112 Å². The molecule has 2 heterocycles. The summed E-state index contributed by atoms with van der Waals surface area (Å²) >= 11 is 1.50. The van der Waals surface area contributed by atoms with Gasteiger partial charge in [0.2, 0.25) is 0 Å². The van der Waals surface area contributed by atoms with Gasteiger partial charge in [-0.05, 0) is 32.6 Å². The summed E-state index contributed by atoms with van der Waals surface area (Å²) in [5, 5.41) is 5.83. The SMILES string of the molecule is CCNc1nc(C(=O)N2CC[C@@H](C)C[C@H]2C)cs1. The van der Waals surface area contributed by atoms with Crippen LogP contribution >= 0.6 is 11.3 Å². The number of anilines is 1. The predicted molar refractivity (Wildman–Crippen MR) is 75.2 cm³/mol. The van der Waals surface area contributed by atoms with Crippen molar-refractivity contribution in [3.05, 3.63) is 11.1 Å². The predicted octanol–water partition coefficient (Wildman–Crippen LogP) is 2.84. The van der Waals surface area contributed by atoms with Crippen molar-refractivity contribution in [2.24, 2.45) is 5.92 Å². The maximum Gasteiger partial charge on any atom is 0.273 e.